The van der Waals surface area contributed by atoms with Crippen molar-refractivity contribution in [3.63, 3.8) is 0 Å². The van der Waals surface area contributed by atoms with Gasteiger partial charge >= 0.3 is 0 Å². The molecule has 1 aromatic carbocycles. The zero-order valence-electron chi connectivity index (χ0n) is 14.1. The molecule has 1 heterocycles. The van der Waals surface area contributed by atoms with Crippen molar-refractivity contribution >= 4 is 11.7 Å². The Bertz CT molecular complexity index is 533. The number of likely N-dealkylation sites (tertiary alicyclic amines) is 1. The van der Waals surface area contributed by atoms with Gasteiger partial charge in [0.25, 0.3) is 5.91 Å². The Morgan fingerprint density at radius 2 is 1.64 bits per heavy atom. The van der Waals surface area contributed by atoms with Crippen LogP contribution in [-0.4, -0.2) is 29.2 Å². The molecule has 0 bridgehead atoms. The van der Waals surface area contributed by atoms with E-state index in [1.165, 1.54) is 6.42 Å². The molecule has 0 radical (unpaired) electrons. The number of carbonyl (C=O) groups is 2. The Morgan fingerprint density at radius 1 is 1.05 bits per heavy atom. The van der Waals surface area contributed by atoms with E-state index in [2.05, 4.69) is 25.7 Å². The van der Waals surface area contributed by atoms with Crippen LogP contribution in [0.4, 0.5) is 0 Å². The van der Waals surface area contributed by atoms with Crippen LogP contribution in [0.2, 0.25) is 0 Å². The summed E-state index contributed by atoms with van der Waals surface area (Å²) in [7, 11) is 0. The molecule has 1 aliphatic rings. The van der Waals surface area contributed by atoms with Crippen molar-refractivity contribution < 1.29 is 9.59 Å². The predicted octanol–water partition coefficient (Wildman–Crippen LogP) is 4.18. The maximum absolute atomic E-state index is 12.9. The van der Waals surface area contributed by atoms with Crippen LogP contribution in [0.3, 0.4) is 0 Å². The van der Waals surface area contributed by atoms with E-state index in [1.54, 1.807) is 31.2 Å². The third-order valence-electron chi connectivity index (χ3n) is 4.79. The molecular weight excluding hydrogens is 274 g/mol. The predicted molar refractivity (Wildman–Crippen MR) is 89.1 cm³/mol. The average Bonchev–Trinajstić information content (AvgIpc) is 2.68. The molecule has 2 unspecified atom stereocenters. The number of hydrogen-bond donors (Lipinski definition) is 0. The van der Waals surface area contributed by atoms with Crippen LogP contribution in [0, 0.1) is 11.8 Å². The van der Waals surface area contributed by atoms with Gasteiger partial charge in [-0.1, -0.05) is 32.9 Å². The smallest absolute Gasteiger partial charge is 0.254 e. The Morgan fingerprint density at radius 3 is 2.18 bits per heavy atom. The minimum atomic E-state index is 0.0302. The Hall–Kier alpha value is -1.64. The molecule has 1 aliphatic heterocycles. The number of amides is 1. The van der Waals surface area contributed by atoms with E-state index in [4.69, 9.17) is 0 Å². The van der Waals surface area contributed by atoms with Crippen molar-refractivity contribution in [1.29, 1.82) is 0 Å². The van der Waals surface area contributed by atoms with Crippen LogP contribution < -0.4 is 0 Å². The van der Waals surface area contributed by atoms with Gasteiger partial charge in [0.05, 0.1) is 0 Å². The molecule has 2 rings (SSSR count). The van der Waals surface area contributed by atoms with E-state index < -0.39 is 0 Å². The fourth-order valence-electron chi connectivity index (χ4n) is 3.24. The van der Waals surface area contributed by atoms with Crippen molar-refractivity contribution in [3.8, 4) is 0 Å². The minimum Gasteiger partial charge on any atom is -0.335 e. The maximum atomic E-state index is 12.9. The Kier molecular flexibility index (Phi) is 5.38. The highest BCUT2D eigenvalue weighted by Gasteiger charge is 2.30. The standard InChI is InChI=1S/C19H27NO2/c1-13(2)18-10-5-14(3)11-12-20(18)19(22)17-8-6-16(7-9-17)15(4)21/h6-9,13-14,18H,5,10-12H2,1-4H3. The lowest BCUT2D eigenvalue weighted by Crippen LogP contribution is -2.42. The summed E-state index contributed by atoms with van der Waals surface area (Å²) in [6, 6.07) is 7.38. The molecule has 1 saturated heterocycles. The van der Waals surface area contributed by atoms with Crippen molar-refractivity contribution in [2.24, 2.45) is 11.8 Å². The van der Waals surface area contributed by atoms with Crippen molar-refractivity contribution in [1.82, 2.24) is 4.90 Å². The van der Waals surface area contributed by atoms with E-state index in [1.807, 2.05) is 0 Å². The third-order valence-corrected chi connectivity index (χ3v) is 4.79. The SMILES string of the molecule is CC(=O)c1ccc(C(=O)N2CCC(C)CCC2C(C)C)cc1. The fraction of sp³-hybridized carbons (Fsp3) is 0.579. The summed E-state index contributed by atoms with van der Waals surface area (Å²) >= 11 is 0. The number of Topliss-reactive ketones (excluding diaryl/α,β-unsaturated/α-hetero) is 1. The first-order valence-electron chi connectivity index (χ1n) is 8.32. The number of ketones is 1. The zero-order valence-corrected chi connectivity index (χ0v) is 14.1. The van der Waals surface area contributed by atoms with Crippen molar-refractivity contribution in [2.75, 3.05) is 6.54 Å². The molecule has 22 heavy (non-hydrogen) atoms. The zero-order chi connectivity index (χ0) is 16.3. The molecule has 1 amide bonds. The van der Waals surface area contributed by atoms with Crippen LogP contribution in [-0.2, 0) is 0 Å². The van der Waals surface area contributed by atoms with Gasteiger partial charge in [-0.25, -0.2) is 0 Å². The highest BCUT2D eigenvalue weighted by atomic mass is 16.2. The van der Waals surface area contributed by atoms with Crippen LogP contribution >= 0.6 is 0 Å². The van der Waals surface area contributed by atoms with Crippen LogP contribution in [0.5, 0.6) is 0 Å². The summed E-state index contributed by atoms with van der Waals surface area (Å²) in [6.45, 7) is 9.03. The van der Waals surface area contributed by atoms with Gasteiger partial charge in [-0.2, -0.15) is 0 Å². The van der Waals surface area contributed by atoms with E-state index in [-0.39, 0.29) is 11.7 Å². The third kappa shape index (κ3) is 3.76. The number of rotatable bonds is 3. The van der Waals surface area contributed by atoms with Crippen LogP contribution in [0.1, 0.15) is 67.7 Å². The number of benzene rings is 1. The monoisotopic (exact) mass is 301 g/mol. The molecule has 0 N–H and O–H groups in total. The number of nitrogens with zero attached hydrogens (tertiary/aromatic N) is 1. The minimum absolute atomic E-state index is 0.0302. The highest BCUT2D eigenvalue weighted by molar-refractivity contribution is 5.97. The van der Waals surface area contributed by atoms with E-state index >= 15 is 0 Å². The highest BCUT2D eigenvalue weighted by Crippen LogP contribution is 2.27. The van der Waals surface area contributed by atoms with Gasteiger partial charge in [0, 0.05) is 23.7 Å². The first kappa shape index (κ1) is 16.7. The average molecular weight is 301 g/mol. The first-order chi connectivity index (χ1) is 10.4. The molecule has 1 aromatic rings. The van der Waals surface area contributed by atoms with Gasteiger partial charge in [-0.05, 0) is 50.2 Å². The molecule has 0 saturated carbocycles. The molecular formula is C19H27NO2. The van der Waals surface area contributed by atoms with Gasteiger partial charge < -0.3 is 4.90 Å². The van der Waals surface area contributed by atoms with Gasteiger partial charge in [-0.15, -0.1) is 0 Å². The summed E-state index contributed by atoms with van der Waals surface area (Å²) in [4.78, 5) is 26.3. The summed E-state index contributed by atoms with van der Waals surface area (Å²) < 4.78 is 0. The number of hydrogen-bond acceptors (Lipinski definition) is 2. The normalized spacial score (nSPS) is 22.5. The molecule has 120 valence electrons. The van der Waals surface area contributed by atoms with Crippen LogP contribution in [0.15, 0.2) is 24.3 Å². The molecule has 0 aliphatic carbocycles. The summed E-state index contributed by atoms with van der Waals surface area (Å²) in [5.74, 6) is 1.27. The summed E-state index contributed by atoms with van der Waals surface area (Å²) in [6.07, 6.45) is 3.34. The lowest BCUT2D eigenvalue weighted by molar-refractivity contribution is 0.0631. The molecule has 0 aromatic heterocycles. The maximum Gasteiger partial charge on any atom is 0.254 e. The van der Waals surface area contributed by atoms with Crippen molar-refractivity contribution in [3.05, 3.63) is 35.4 Å². The molecule has 2 atom stereocenters. The molecule has 1 fully saturated rings. The summed E-state index contributed by atoms with van der Waals surface area (Å²) in [5, 5.41) is 0. The van der Waals surface area contributed by atoms with Gasteiger partial charge in [0.15, 0.2) is 5.78 Å². The lowest BCUT2D eigenvalue weighted by atomic mass is 9.95. The second-order valence-electron chi connectivity index (χ2n) is 6.91. The van der Waals surface area contributed by atoms with E-state index in [9.17, 15) is 9.59 Å². The van der Waals surface area contributed by atoms with Crippen LogP contribution in [0.25, 0.3) is 0 Å². The van der Waals surface area contributed by atoms with Gasteiger partial charge in [0.1, 0.15) is 0 Å². The van der Waals surface area contributed by atoms with Gasteiger partial charge in [0.2, 0.25) is 0 Å². The molecule has 0 spiro atoms. The second kappa shape index (κ2) is 7.08. The fourth-order valence-corrected chi connectivity index (χ4v) is 3.24. The molecule has 3 nitrogen and oxygen atoms in total. The van der Waals surface area contributed by atoms with E-state index in [0.29, 0.717) is 29.0 Å². The van der Waals surface area contributed by atoms with Gasteiger partial charge in [-0.3, -0.25) is 9.59 Å². The Labute approximate surface area is 133 Å². The van der Waals surface area contributed by atoms with E-state index in [0.717, 1.165) is 19.4 Å². The molecule has 3 heteroatoms. The number of carbonyl (C=O) groups excluding carboxylic acids is 2. The topological polar surface area (TPSA) is 37.4 Å². The van der Waals surface area contributed by atoms with Crippen molar-refractivity contribution in [2.45, 2.75) is 53.0 Å². The lowest BCUT2D eigenvalue weighted by Gasteiger charge is -2.33. The summed E-state index contributed by atoms with van der Waals surface area (Å²) in [5.41, 5.74) is 1.34. The second-order valence-corrected chi connectivity index (χ2v) is 6.91. The largest absolute Gasteiger partial charge is 0.335 e. The quantitative estimate of drug-likeness (QED) is 0.786. The Balaban J connectivity index is 2.22. The first-order valence-corrected chi connectivity index (χ1v) is 8.32.